The molecular formula is C14H14ClNO2S. The summed E-state index contributed by atoms with van der Waals surface area (Å²) in [6.07, 6.45) is 0. The van der Waals surface area contributed by atoms with Gasteiger partial charge in [-0.25, -0.2) is 0 Å². The Morgan fingerprint density at radius 3 is 2.84 bits per heavy atom. The molecule has 5 heteroatoms. The van der Waals surface area contributed by atoms with Gasteiger partial charge in [-0.2, -0.15) is 0 Å². The third-order valence-electron chi connectivity index (χ3n) is 2.63. The van der Waals surface area contributed by atoms with E-state index in [1.807, 2.05) is 29.6 Å². The second-order valence-electron chi connectivity index (χ2n) is 3.99. The maximum absolute atomic E-state index is 11.9. The SMILES string of the molecule is COc1csc(C(=O)NCc2cccc(CCl)c2)c1. The predicted octanol–water partition coefficient (Wildman–Crippen LogP) is 3.43. The van der Waals surface area contributed by atoms with Crippen LogP contribution in [0, 0.1) is 0 Å². The van der Waals surface area contributed by atoms with Crippen LogP contribution in [0.15, 0.2) is 35.7 Å². The van der Waals surface area contributed by atoms with E-state index in [1.54, 1.807) is 13.2 Å². The highest BCUT2D eigenvalue weighted by atomic mass is 35.5. The standard InChI is InChI=1S/C14H14ClNO2S/c1-18-12-6-13(19-9-12)14(17)16-8-11-4-2-3-10(5-11)7-15/h2-6,9H,7-8H2,1H3,(H,16,17). The van der Waals surface area contributed by atoms with Gasteiger partial charge in [-0.15, -0.1) is 22.9 Å². The molecule has 1 amide bonds. The fourth-order valence-electron chi connectivity index (χ4n) is 1.64. The average molecular weight is 296 g/mol. The minimum Gasteiger partial charge on any atom is -0.496 e. The Morgan fingerprint density at radius 1 is 1.37 bits per heavy atom. The Hall–Kier alpha value is -1.52. The van der Waals surface area contributed by atoms with Gasteiger partial charge in [0.1, 0.15) is 5.75 Å². The molecule has 2 aromatic rings. The Morgan fingerprint density at radius 2 is 2.16 bits per heavy atom. The highest BCUT2D eigenvalue weighted by Gasteiger charge is 2.09. The minimum absolute atomic E-state index is 0.0930. The molecule has 0 unspecified atom stereocenters. The van der Waals surface area contributed by atoms with Gasteiger partial charge in [0.25, 0.3) is 5.91 Å². The van der Waals surface area contributed by atoms with E-state index in [-0.39, 0.29) is 5.91 Å². The van der Waals surface area contributed by atoms with E-state index in [0.29, 0.717) is 23.1 Å². The molecule has 0 saturated carbocycles. The third-order valence-corrected chi connectivity index (χ3v) is 3.85. The summed E-state index contributed by atoms with van der Waals surface area (Å²) in [6, 6.07) is 9.58. The first-order chi connectivity index (χ1) is 9.22. The number of alkyl halides is 1. The lowest BCUT2D eigenvalue weighted by Gasteiger charge is -2.05. The molecule has 0 fully saturated rings. The van der Waals surface area contributed by atoms with E-state index in [4.69, 9.17) is 16.3 Å². The Bertz CT molecular complexity index is 568. The van der Waals surface area contributed by atoms with Gasteiger partial charge in [-0.1, -0.05) is 24.3 Å². The number of ether oxygens (including phenoxy) is 1. The molecule has 1 aromatic heterocycles. The monoisotopic (exact) mass is 295 g/mol. The first kappa shape index (κ1) is 13.9. The number of thiophene rings is 1. The quantitative estimate of drug-likeness (QED) is 0.858. The van der Waals surface area contributed by atoms with Crippen molar-refractivity contribution < 1.29 is 9.53 Å². The van der Waals surface area contributed by atoms with Crippen LogP contribution in [-0.4, -0.2) is 13.0 Å². The number of halogens is 1. The summed E-state index contributed by atoms with van der Waals surface area (Å²) in [5.74, 6) is 1.09. The van der Waals surface area contributed by atoms with Crippen molar-refractivity contribution in [2.75, 3.05) is 7.11 Å². The average Bonchev–Trinajstić information content (AvgIpc) is 2.94. The molecule has 19 heavy (non-hydrogen) atoms. The van der Waals surface area contributed by atoms with E-state index >= 15 is 0 Å². The van der Waals surface area contributed by atoms with Crippen LogP contribution in [-0.2, 0) is 12.4 Å². The molecule has 0 radical (unpaired) electrons. The smallest absolute Gasteiger partial charge is 0.261 e. The maximum atomic E-state index is 11.9. The number of amides is 1. The Labute approximate surface area is 121 Å². The van der Waals surface area contributed by atoms with Crippen LogP contribution in [0.1, 0.15) is 20.8 Å². The topological polar surface area (TPSA) is 38.3 Å². The van der Waals surface area contributed by atoms with Gasteiger partial charge in [0.05, 0.1) is 12.0 Å². The summed E-state index contributed by atoms with van der Waals surface area (Å²) >= 11 is 7.14. The van der Waals surface area contributed by atoms with Gasteiger partial charge < -0.3 is 10.1 Å². The molecule has 0 atom stereocenters. The molecule has 1 heterocycles. The largest absolute Gasteiger partial charge is 0.496 e. The van der Waals surface area contributed by atoms with Crippen molar-refractivity contribution in [3.05, 3.63) is 51.7 Å². The molecule has 0 aliphatic heterocycles. The predicted molar refractivity (Wildman–Crippen MR) is 78.0 cm³/mol. The fourth-order valence-corrected chi connectivity index (χ4v) is 2.57. The molecule has 3 nitrogen and oxygen atoms in total. The van der Waals surface area contributed by atoms with Crippen LogP contribution in [0.4, 0.5) is 0 Å². The lowest BCUT2D eigenvalue weighted by atomic mass is 10.1. The molecule has 1 aromatic carbocycles. The highest BCUT2D eigenvalue weighted by molar-refractivity contribution is 7.12. The van der Waals surface area contributed by atoms with Gasteiger partial charge in [0.2, 0.25) is 0 Å². The zero-order valence-corrected chi connectivity index (χ0v) is 12.1. The number of nitrogens with one attached hydrogen (secondary N) is 1. The summed E-state index contributed by atoms with van der Waals surface area (Å²) in [7, 11) is 1.58. The van der Waals surface area contributed by atoms with E-state index < -0.39 is 0 Å². The van der Waals surface area contributed by atoms with E-state index in [1.165, 1.54) is 11.3 Å². The van der Waals surface area contributed by atoms with Crippen molar-refractivity contribution in [2.45, 2.75) is 12.4 Å². The van der Waals surface area contributed by atoms with Crippen LogP contribution in [0.5, 0.6) is 5.75 Å². The minimum atomic E-state index is -0.0930. The van der Waals surface area contributed by atoms with Gasteiger partial charge in [-0.3, -0.25) is 4.79 Å². The molecule has 100 valence electrons. The number of carbonyl (C=O) groups is 1. The van der Waals surface area contributed by atoms with Crippen molar-refractivity contribution in [1.82, 2.24) is 5.32 Å². The Balaban J connectivity index is 1.96. The van der Waals surface area contributed by atoms with Crippen LogP contribution >= 0.6 is 22.9 Å². The molecule has 2 rings (SSSR count). The molecular weight excluding hydrogens is 282 g/mol. The van der Waals surface area contributed by atoms with E-state index in [0.717, 1.165) is 11.1 Å². The highest BCUT2D eigenvalue weighted by Crippen LogP contribution is 2.20. The number of benzene rings is 1. The van der Waals surface area contributed by atoms with Crippen molar-refractivity contribution in [2.24, 2.45) is 0 Å². The first-order valence-electron chi connectivity index (χ1n) is 5.77. The summed E-state index contributed by atoms with van der Waals surface area (Å²) in [6.45, 7) is 0.490. The zero-order chi connectivity index (χ0) is 13.7. The maximum Gasteiger partial charge on any atom is 0.261 e. The van der Waals surface area contributed by atoms with E-state index in [9.17, 15) is 4.79 Å². The second kappa shape index (κ2) is 6.59. The van der Waals surface area contributed by atoms with E-state index in [2.05, 4.69) is 5.32 Å². The number of methoxy groups -OCH3 is 1. The lowest BCUT2D eigenvalue weighted by molar-refractivity contribution is 0.0954. The van der Waals surface area contributed by atoms with Gasteiger partial charge in [0.15, 0.2) is 0 Å². The fraction of sp³-hybridized carbons (Fsp3) is 0.214. The summed E-state index contributed by atoms with van der Waals surface area (Å²) in [5, 5.41) is 4.69. The molecule has 0 spiro atoms. The van der Waals surface area contributed by atoms with Crippen molar-refractivity contribution in [3.8, 4) is 5.75 Å². The van der Waals surface area contributed by atoms with Crippen molar-refractivity contribution in [1.29, 1.82) is 0 Å². The normalized spacial score (nSPS) is 10.2. The molecule has 1 N–H and O–H groups in total. The third kappa shape index (κ3) is 3.72. The Kier molecular flexibility index (Phi) is 4.82. The summed E-state index contributed by atoms with van der Waals surface area (Å²) in [5.41, 5.74) is 2.08. The molecule has 0 saturated heterocycles. The lowest BCUT2D eigenvalue weighted by Crippen LogP contribution is -2.21. The first-order valence-corrected chi connectivity index (χ1v) is 7.19. The molecule has 0 aliphatic rings. The van der Waals surface area contributed by atoms with Crippen LogP contribution in [0.2, 0.25) is 0 Å². The van der Waals surface area contributed by atoms with Crippen LogP contribution < -0.4 is 10.1 Å². The van der Waals surface area contributed by atoms with Gasteiger partial charge in [0, 0.05) is 23.9 Å². The van der Waals surface area contributed by atoms with Crippen molar-refractivity contribution in [3.63, 3.8) is 0 Å². The van der Waals surface area contributed by atoms with Gasteiger partial charge in [-0.05, 0) is 11.1 Å². The van der Waals surface area contributed by atoms with Crippen LogP contribution in [0.25, 0.3) is 0 Å². The van der Waals surface area contributed by atoms with Gasteiger partial charge >= 0.3 is 0 Å². The molecule has 0 aliphatic carbocycles. The summed E-state index contributed by atoms with van der Waals surface area (Å²) in [4.78, 5) is 12.6. The van der Waals surface area contributed by atoms with Crippen molar-refractivity contribution >= 4 is 28.8 Å². The number of carbonyl (C=O) groups excluding carboxylic acids is 1. The second-order valence-corrected chi connectivity index (χ2v) is 5.17. The number of hydrogen-bond acceptors (Lipinski definition) is 3. The zero-order valence-electron chi connectivity index (χ0n) is 10.5. The molecule has 0 bridgehead atoms. The number of hydrogen-bond donors (Lipinski definition) is 1. The van der Waals surface area contributed by atoms with Crippen LogP contribution in [0.3, 0.4) is 0 Å². The number of rotatable bonds is 5. The summed E-state index contributed by atoms with van der Waals surface area (Å²) < 4.78 is 5.05.